The Hall–Kier alpha value is -2.85. The van der Waals surface area contributed by atoms with Crippen LogP contribution in [0.5, 0.6) is 0 Å². The van der Waals surface area contributed by atoms with E-state index >= 15 is 0 Å². The molecule has 1 fully saturated rings. The second-order valence-corrected chi connectivity index (χ2v) is 17.4. The highest BCUT2D eigenvalue weighted by Crippen LogP contribution is 2.45. The molecule has 1 saturated carbocycles. The van der Waals surface area contributed by atoms with Crippen molar-refractivity contribution < 1.29 is 9.22 Å². The number of hydrogen-bond donors (Lipinski definition) is 0. The van der Waals surface area contributed by atoms with Crippen LogP contribution in [0.4, 0.5) is 5.69 Å². The first kappa shape index (κ1) is 28.7. The van der Waals surface area contributed by atoms with E-state index in [0.29, 0.717) is 25.0 Å². The third kappa shape index (κ3) is 5.65. The summed E-state index contributed by atoms with van der Waals surface area (Å²) in [5.74, 6) is 0.650. The van der Waals surface area contributed by atoms with E-state index < -0.39 is 8.32 Å². The van der Waals surface area contributed by atoms with Crippen molar-refractivity contribution in [2.24, 2.45) is 0 Å². The minimum Gasteiger partial charge on any atom is -0.415 e. The van der Waals surface area contributed by atoms with Crippen molar-refractivity contribution in [2.45, 2.75) is 64.6 Å². The molecule has 0 radical (unpaired) electrons. The summed E-state index contributed by atoms with van der Waals surface area (Å²) in [6.45, 7) is 13.7. The van der Waals surface area contributed by atoms with Crippen molar-refractivity contribution in [2.75, 3.05) is 18.1 Å². The van der Waals surface area contributed by atoms with Crippen LogP contribution in [0.1, 0.15) is 61.0 Å². The Morgan fingerprint density at radius 3 is 2.35 bits per heavy atom. The van der Waals surface area contributed by atoms with Crippen LogP contribution < -0.4 is 4.90 Å². The molecule has 40 heavy (non-hydrogen) atoms. The van der Waals surface area contributed by atoms with Gasteiger partial charge in [-0.05, 0) is 73.1 Å². The fourth-order valence-electron chi connectivity index (χ4n) is 4.45. The molecule has 1 amide bonds. The number of aryl methyl sites for hydroxylation is 1. The Balaban J connectivity index is 1.58. The molecule has 1 aromatic carbocycles. The molecule has 0 spiro atoms. The van der Waals surface area contributed by atoms with Crippen molar-refractivity contribution >= 4 is 54.0 Å². The van der Waals surface area contributed by atoms with Crippen LogP contribution in [0.2, 0.25) is 28.4 Å². The molecule has 0 bridgehead atoms. The molecule has 4 aromatic rings. The summed E-state index contributed by atoms with van der Waals surface area (Å²) in [5.41, 5.74) is 4.04. The second-order valence-electron chi connectivity index (χ2n) is 11.9. The number of carbonyl (C=O) groups is 1. The summed E-state index contributed by atoms with van der Waals surface area (Å²) in [4.78, 5) is 32.9. The van der Waals surface area contributed by atoms with Crippen LogP contribution in [-0.2, 0) is 4.43 Å². The standard InChI is InChI=1S/C29H34Cl2N6O2Si/c1-18-15-32-28(33-16-18)37-10-9-20-13-21(14-22(24(20)37)19-7-8-19)36(11-12-39-40(5,6)29(2,3)4)27(38)23-25(30)34-17-35-26(23)31/h9-10,13-17,19H,7-8,11-12H2,1-6H3. The predicted octanol–water partition coefficient (Wildman–Crippen LogP) is 7.37. The maximum absolute atomic E-state index is 14.0. The van der Waals surface area contributed by atoms with Crippen LogP contribution in [0, 0.1) is 6.92 Å². The van der Waals surface area contributed by atoms with Gasteiger partial charge in [-0.25, -0.2) is 19.9 Å². The van der Waals surface area contributed by atoms with E-state index in [9.17, 15) is 4.79 Å². The van der Waals surface area contributed by atoms with Crippen molar-refractivity contribution in [3.63, 3.8) is 0 Å². The van der Waals surface area contributed by atoms with Gasteiger partial charge in [-0.1, -0.05) is 44.0 Å². The van der Waals surface area contributed by atoms with Gasteiger partial charge in [0.1, 0.15) is 22.2 Å². The highest BCUT2D eigenvalue weighted by atomic mass is 35.5. The third-order valence-corrected chi connectivity index (χ3v) is 13.0. The molecular weight excluding hydrogens is 563 g/mol. The normalized spacial score (nSPS) is 14.1. The molecule has 0 N–H and O–H groups in total. The summed E-state index contributed by atoms with van der Waals surface area (Å²) < 4.78 is 8.49. The zero-order chi connectivity index (χ0) is 28.8. The fourth-order valence-corrected chi connectivity index (χ4v) is 5.96. The van der Waals surface area contributed by atoms with Crippen LogP contribution in [0.25, 0.3) is 16.9 Å². The van der Waals surface area contributed by atoms with E-state index in [1.807, 2.05) is 42.2 Å². The largest absolute Gasteiger partial charge is 0.415 e. The average Bonchev–Trinajstić information content (AvgIpc) is 3.64. The molecule has 11 heteroatoms. The predicted molar refractivity (Wildman–Crippen MR) is 162 cm³/mol. The number of hydrogen-bond acceptors (Lipinski definition) is 6. The highest BCUT2D eigenvalue weighted by Gasteiger charge is 2.37. The lowest BCUT2D eigenvalue weighted by Crippen LogP contribution is -2.43. The molecule has 0 unspecified atom stereocenters. The summed E-state index contributed by atoms with van der Waals surface area (Å²) in [6, 6.07) is 6.15. The van der Waals surface area contributed by atoms with Gasteiger partial charge in [0.2, 0.25) is 5.95 Å². The van der Waals surface area contributed by atoms with Gasteiger partial charge in [-0.15, -0.1) is 0 Å². The number of fused-ring (bicyclic) bond motifs is 1. The summed E-state index contributed by atoms with van der Waals surface area (Å²) >= 11 is 12.7. The van der Waals surface area contributed by atoms with Gasteiger partial charge in [0.15, 0.2) is 8.32 Å². The number of rotatable bonds is 8. The van der Waals surface area contributed by atoms with Gasteiger partial charge < -0.3 is 9.33 Å². The number of benzene rings is 1. The maximum Gasteiger partial charge on any atom is 0.264 e. The lowest BCUT2D eigenvalue weighted by Gasteiger charge is -2.37. The SMILES string of the molecule is Cc1cnc(-n2ccc3cc(N(CCO[Si](C)(C)C(C)(C)C)C(=O)c4c(Cl)ncnc4Cl)cc(C4CC4)c32)nc1. The van der Waals surface area contributed by atoms with E-state index in [0.717, 1.165) is 40.6 Å². The maximum atomic E-state index is 14.0. The molecule has 3 heterocycles. The Bertz CT molecular complexity index is 1540. The molecule has 1 aliphatic carbocycles. The lowest BCUT2D eigenvalue weighted by molar-refractivity contribution is 0.0981. The minimum absolute atomic E-state index is 0.0199. The molecule has 5 rings (SSSR count). The van der Waals surface area contributed by atoms with Gasteiger partial charge in [0.25, 0.3) is 5.91 Å². The second kappa shape index (κ2) is 10.9. The van der Waals surface area contributed by atoms with Gasteiger partial charge in [0, 0.05) is 36.2 Å². The third-order valence-electron chi connectivity index (χ3n) is 7.91. The number of nitrogens with zero attached hydrogens (tertiary/aromatic N) is 6. The van der Waals surface area contributed by atoms with Crippen molar-refractivity contribution in [1.82, 2.24) is 24.5 Å². The minimum atomic E-state index is -2.04. The molecule has 1 aliphatic rings. The number of halogens is 2. The number of aromatic nitrogens is 5. The van der Waals surface area contributed by atoms with Crippen LogP contribution >= 0.6 is 23.2 Å². The van der Waals surface area contributed by atoms with Gasteiger partial charge in [-0.2, -0.15) is 0 Å². The number of carbonyl (C=O) groups excluding carboxylic acids is 1. The first-order chi connectivity index (χ1) is 18.9. The van der Waals surface area contributed by atoms with Crippen molar-refractivity contribution in [3.8, 4) is 5.95 Å². The van der Waals surface area contributed by atoms with E-state index in [4.69, 9.17) is 27.6 Å². The Morgan fingerprint density at radius 2 is 1.75 bits per heavy atom. The van der Waals surface area contributed by atoms with Gasteiger partial charge >= 0.3 is 0 Å². The number of anilines is 1. The van der Waals surface area contributed by atoms with Crippen LogP contribution in [0.3, 0.4) is 0 Å². The summed E-state index contributed by atoms with van der Waals surface area (Å²) in [7, 11) is -2.04. The summed E-state index contributed by atoms with van der Waals surface area (Å²) in [6.07, 6.45) is 9.04. The topological polar surface area (TPSA) is 86.0 Å². The van der Waals surface area contributed by atoms with E-state index in [1.165, 1.54) is 6.33 Å². The molecule has 0 atom stereocenters. The van der Waals surface area contributed by atoms with E-state index in [1.54, 1.807) is 4.90 Å². The fraction of sp³-hybridized carbons (Fsp3) is 0.414. The Morgan fingerprint density at radius 1 is 1.10 bits per heavy atom. The number of amides is 1. The van der Waals surface area contributed by atoms with E-state index in [-0.39, 0.29) is 26.8 Å². The Kier molecular flexibility index (Phi) is 7.78. The van der Waals surface area contributed by atoms with Crippen LogP contribution in [-0.4, -0.2) is 51.9 Å². The molecular formula is C29H34Cl2N6O2Si. The first-order valence-electron chi connectivity index (χ1n) is 13.4. The zero-order valence-electron chi connectivity index (χ0n) is 23.7. The van der Waals surface area contributed by atoms with Crippen LogP contribution in [0.15, 0.2) is 43.1 Å². The molecule has 3 aromatic heterocycles. The van der Waals surface area contributed by atoms with Crippen molar-refractivity contribution in [3.05, 3.63) is 70.1 Å². The summed E-state index contributed by atoms with van der Waals surface area (Å²) in [5, 5.41) is 1.08. The smallest absolute Gasteiger partial charge is 0.264 e. The Labute approximate surface area is 245 Å². The average molecular weight is 598 g/mol. The lowest BCUT2D eigenvalue weighted by atomic mass is 10.0. The van der Waals surface area contributed by atoms with Crippen molar-refractivity contribution in [1.29, 1.82) is 0 Å². The van der Waals surface area contributed by atoms with Gasteiger partial charge in [0.05, 0.1) is 12.1 Å². The molecule has 0 aliphatic heterocycles. The molecule has 8 nitrogen and oxygen atoms in total. The monoisotopic (exact) mass is 596 g/mol. The first-order valence-corrected chi connectivity index (χ1v) is 17.1. The van der Waals surface area contributed by atoms with Gasteiger partial charge in [-0.3, -0.25) is 9.36 Å². The zero-order valence-corrected chi connectivity index (χ0v) is 26.2. The molecule has 210 valence electrons. The molecule has 0 saturated heterocycles. The highest BCUT2D eigenvalue weighted by molar-refractivity contribution is 6.74. The van der Waals surface area contributed by atoms with E-state index in [2.05, 4.69) is 59.9 Å². The quantitative estimate of drug-likeness (QED) is 0.156.